The smallest absolute Gasteiger partial charge is 0.276 e. The van der Waals surface area contributed by atoms with Gasteiger partial charge in [-0.3, -0.25) is 4.79 Å². The number of nitrogens with zero attached hydrogens (tertiary/aromatic N) is 2. The normalized spacial score (nSPS) is 14.2. The maximum absolute atomic E-state index is 13.0. The second kappa shape index (κ2) is 6.96. The van der Waals surface area contributed by atoms with E-state index in [0.29, 0.717) is 24.5 Å². The molecule has 0 fully saturated rings. The van der Waals surface area contributed by atoms with Crippen LogP contribution in [0.3, 0.4) is 0 Å². The van der Waals surface area contributed by atoms with Gasteiger partial charge in [-0.15, -0.1) is 0 Å². The van der Waals surface area contributed by atoms with Crippen LogP contribution in [0.1, 0.15) is 22.5 Å². The summed E-state index contributed by atoms with van der Waals surface area (Å²) in [5, 5.41) is 3.93. The molecule has 0 saturated carbocycles. The van der Waals surface area contributed by atoms with Crippen molar-refractivity contribution in [2.75, 3.05) is 13.1 Å². The third-order valence-electron chi connectivity index (χ3n) is 4.50. The van der Waals surface area contributed by atoms with Crippen LogP contribution in [0.25, 0.3) is 16.9 Å². The highest BCUT2D eigenvalue weighted by Gasteiger charge is 2.22. The van der Waals surface area contributed by atoms with Crippen molar-refractivity contribution in [3.63, 3.8) is 0 Å². The van der Waals surface area contributed by atoms with E-state index in [9.17, 15) is 9.18 Å². The van der Waals surface area contributed by atoms with Crippen molar-refractivity contribution in [2.45, 2.75) is 6.42 Å². The summed E-state index contributed by atoms with van der Waals surface area (Å²) in [5.74, 6) is 0.182. The summed E-state index contributed by atoms with van der Waals surface area (Å²) in [7, 11) is 0. The maximum atomic E-state index is 13.0. The van der Waals surface area contributed by atoms with E-state index in [1.165, 1.54) is 12.1 Å². The van der Waals surface area contributed by atoms with Gasteiger partial charge in [0, 0.05) is 24.7 Å². The summed E-state index contributed by atoms with van der Waals surface area (Å²) in [6, 6.07) is 17.7. The van der Waals surface area contributed by atoms with Crippen LogP contribution in [-0.2, 0) is 0 Å². The Hall–Kier alpha value is -3.21. The largest absolute Gasteiger partial charge is 0.355 e. The molecule has 0 saturated heterocycles. The van der Waals surface area contributed by atoms with E-state index in [0.717, 1.165) is 23.1 Å². The minimum absolute atomic E-state index is 0.148. The molecule has 0 radical (unpaired) electrons. The molecule has 5 heteroatoms. The van der Waals surface area contributed by atoms with Crippen LogP contribution in [0.4, 0.5) is 4.39 Å². The van der Waals surface area contributed by atoms with Crippen molar-refractivity contribution in [1.82, 2.24) is 10.1 Å². The zero-order valence-corrected chi connectivity index (χ0v) is 14.1. The molecule has 1 aliphatic heterocycles. The maximum Gasteiger partial charge on any atom is 0.276 e. The zero-order valence-electron chi connectivity index (χ0n) is 14.1. The minimum Gasteiger partial charge on any atom is -0.355 e. The molecule has 0 unspecified atom stereocenters. The number of amides is 1. The lowest BCUT2D eigenvalue weighted by molar-refractivity contribution is 0.0762. The molecule has 3 aromatic rings. The van der Waals surface area contributed by atoms with Gasteiger partial charge in [-0.25, -0.2) is 4.39 Å². The van der Waals surface area contributed by atoms with Gasteiger partial charge in [0.25, 0.3) is 5.91 Å². The van der Waals surface area contributed by atoms with Crippen molar-refractivity contribution in [1.29, 1.82) is 0 Å². The second-order valence-electron chi connectivity index (χ2n) is 6.18. The summed E-state index contributed by atoms with van der Waals surface area (Å²) >= 11 is 0. The Labute approximate surface area is 150 Å². The Morgan fingerprint density at radius 3 is 2.50 bits per heavy atom. The number of carbonyl (C=O) groups is 1. The summed E-state index contributed by atoms with van der Waals surface area (Å²) < 4.78 is 18.4. The van der Waals surface area contributed by atoms with Crippen LogP contribution in [0, 0.1) is 5.82 Å². The van der Waals surface area contributed by atoms with Crippen LogP contribution >= 0.6 is 0 Å². The molecular weight excluding hydrogens is 331 g/mol. The van der Waals surface area contributed by atoms with Gasteiger partial charge in [-0.1, -0.05) is 53.7 Å². The van der Waals surface area contributed by atoms with E-state index in [1.807, 2.05) is 36.4 Å². The van der Waals surface area contributed by atoms with Gasteiger partial charge in [0.05, 0.1) is 0 Å². The number of aromatic nitrogens is 1. The molecule has 4 rings (SSSR count). The van der Waals surface area contributed by atoms with Gasteiger partial charge in [-0.05, 0) is 29.7 Å². The Bertz CT molecular complexity index is 946. The van der Waals surface area contributed by atoms with E-state index < -0.39 is 0 Å². The molecule has 2 heterocycles. The Morgan fingerprint density at radius 1 is 1.04 bits per heavy atom. The number of benzene rings is 2. The lowest BCUT2D eigenvalue weighted by Crippen LogP contribution is -2.34. The van der Waals surface area contributed by atoms with Gasteiger partial charge in [0.1, 0.15) is 5.82 Å². The standard InChI is InChI=1S/C21H17FN2O2/c22-18-8-6-15(7-9-18)16-10-12-24(13-11-16)21(25)19-14-20(26-23-19)17-4-2-1-3-5-17/h1-10,14H,11-13H2. The third-order valence-corrected chi connectivity index (χ3v) is 4.50. The van der Waals surface area contributed by atoms with Crippen LogP contribution in [0.5, 0.6) is 0 Å². The molecule has 130 valence electrons. The minimum atomic E-state index is -0.248. The van der Waals surface area contributed by atoms with E-state index in [1.54, 1.807) is 23.1 Å². The third kappa shape index (κ3) is 3.28. The van der Waals surface area contributed by atoms with Gasteiger partial charge in [-0.2, -0.15) is 0 Å². The number of halogens is 1. The summed E-state index contributed by atoms with van der Waals surface area (Å²) in [5.41, 5.74) is 3.31. The first kappa shape index (κ1) is 16.3. The first-order valence-electron chi connectivity index (χ1n) is 8.47. The van der Waals surface area contributed by atoms with Crippen molar-refractivity contribution in [3.05, 3.63) is 83.8 Å². The highest BCUT2D eigenvalue weighted by atomic mass is 19.1. The predicted molar refractivity (Wildman–Crippen MR) is 96.8 cm³/mol. The van der Waals surface area contributed by atoms with Crippen molar-refractivity contribution >= 4 is 11.5 Å². The molecule has 0 spiro atoms. The first-order chi connectivity index (χ1) is 12.7. The van der Waals surface area contributed by atoms with Gasteiger partial charge in [0.15, 0.2) is 11.5 Å². The molecule has 0 N–H and O–H groups in total. The summed E-state index contributed by atoms with van der Waals surface area (Å²) in [6.45, 7) is 1.09. The van der Waals surface area contributed by atoms with Gasteiger partial charge < -0.3 is 9.42 Å². The molecule has 2 aromatic carbocycles. The highest BCUT2D eigenvalue weighted by Crippen LogP contribution is 2.25. The van der Waals surface area contributed by atoms with Crippen LogP contribution in [0.15, 0.2) is 71.3 Å². The second-order valence-corrected chi connectivity index (χ2v) is 6.18. The first-order valence-corrected chi connectivity index (χ1v) is 8.47. The van der Waals surface area contributed by atoms with Crippen molar-refractivity contribution in [3.8, 4) is 11.3 Å². The van der Waals surface area contributed by atoms with Crippen molar-refractivity contribution in [2.24, 2.45) is 0 Å². The fourth-order valence-corrected chi connectivity index (χ4v) is 3.06. The molecule has 1 aliphatic rings. The Morgan fingerprint density at radius 2 is 1.81 bits per heavy atom. The van der Waals surface area contributed by atoms with Gasteiger partial charge >= 0.3 is 0 Å². The topological polar surface area (TPSA) is 46.3 Å². The molecule has 26 heavy (non-hydrogen) atoms. The summed E-state index contributed by atoms with van der Waals surface area (Å²) in [4.78, 5) is 14.4. The van der Waals surface area contributed by atoms with E-state index in [-0.39, 0.29) is 11.7 Å². The monoisotopic (exact) mass is 348 g/mol. The average Bonchev–Trinajstić information content (AvgIpc) is 3.19. The lowest BCUT2D eigenvalue weighted by Gasteiger charge is -2.25. The molecule has 4 nitrogen and oxygen atoms in total. The number of carbonyl (C=O) groups excluding carboxylic acids is 1. The molecule has 0 bridgehead atoms. The summed E-state index contributed by atoms with van der Waals surface area (Å²) in [6.07, 6.45) is 2.73. The predicted octanol–water partition coefficient (Wildman–Crippen LogP) is 4.41. The molecular formula is C21H17FN2O2. The fraction of sp³-hybridized carbons (Fsp3) is 0.143. The SMILES string of the molecule is O=C(c1cc(-c2ccccc2)on1)N1CC=C(c2ccc(F)cc2)CC1. The highest BCUT2D eigenvalue weighted by molar-refractivity contribution is 5.93. The Balaban J connectivity index is 1.47. The van der Waals surface area contributed by atoms with Crippen molar-refractivity contribution < 1.29 is 13.7 Å². The average molecular weight is 348 g/mol. The fourth-order valence-electron chi connectivity index (χ4n) is 3.06. The van der Waals surface area contributed by atoms with E-state index in [2.05, 4.69) is 5.16 Å². The van der Waals surface area contributed by atoms with Crippen LogP contribution in [0.2, 0.25) is 0 Å². The zero-order chi connectivity index (χ0) is 17.9. The number of hydrogen-bond acceptors (Lipinski definition) is 3. The van der Waals surface area contributed by atoms with Crippen LogP contribution in [-0.4, -0.2) is 29.1 Å². The van der Waals surface area contributed by atoms with Gasteiger partial charge in [0.2, 0.25) is 0 Å². The molecule has 1 aromatic heterocycles. The van der Waals surface area contributed by atoms with E-state index in [4.69, 9.17) is 4.52 Å². The van der Waals surface area contributed by atoms with E-state index >= 15 is 0 Å². The number of hydrogen-bond donors (Lipinski definition) is 0. The number of rotatable bonds is 3. The molecule has 0 aliphatic carbocycles. The lowest BCUT2D eigenvalue weighted by atomic mass is 9.99. The molecule has 0 atom stereocenters. The molecule has 1 amide bonds. The Kier molecular flexibility index (Phi) is 4.35. The quantitative estimate of drug-likeness (QED) is 0.704. The van der Waals surface area contributed by atoms with Crippen LogP contribution < -0.4 is 0 Å².